The Morgan fingerprint density at radius 1 is 1.25 bits per heavy atom. The summed E-state index contributed by atoms with van der Waals surface area (Å²) in [4.78, 5) is 11.2. The van der Waals surface area contributed by atoms with E-state index < -0.39 is 0 Å². The number of halogens is 2. The lowest BCUT2D eigenvalue weighted by molar-refractivity contribution is 0.112. The van der Waals surface area contributed by atoms with Crippen molar-refractivity contribution in [2.45, 2.75) is 0 Å². The molecular formula is C14H8Cl2N2OS. The number of rotatable bonds is 3. The number of carbonyl (C=O) groups excluding carboxylic acids is 1. The van der Waals surface area contributed by atoms with Gasteiger partial charge in [-0.25, -0.2) is 4.68 Å². The first-order chi connectivity index (χ1) is 9.69. The second-order valence-corrected chi connectivity index (χ2v) is 6.04. The van der Waals surface area contributed by atoms with E-state index in [1.165, 1.54) is 11.3 Å². The lowest BCUT2D eigenvalue weighted by atomic mass is 10.2. The molecule has 0 aliphatic heterocycles. The molecule has 0 saturated carbocycles. The molecule has 6 heteroatoms. The van der Waals surface area contributed by atoms with Crippen LogP contribution in [0.4, 0.5) is 0 Å². The van der Waals surface area contributed by atoms with Gasteiger partial charge in [-0.1, -0.05) is 35.3 Å². The molecule has 0 saturated heterocycles. The summed E-state index contributed by atoms with van der Waals surface area (Å²) in [6.07, 6.45) is 2.44. The molecule has 0 unspecified atom stereocenters. The molecule has 0 N–H and O–H groups in total. The maximum absolute atomic E-state index is 11.2. The van der Waals surface area contributed by atoms with Gasteiger partial charge in [0.1, 0.15) is 5.69 Å². The van der Waals surface area contributed by atoms with Gasteiger partial charge in [0, 0.05) is 17.1 Å². The Balaban J connectivity index is 2.14. The molecule has 0 radical (unpaired) electrons. The zero-order valence-electron chi connectivity index (χ0n) is 10.1. The van der Waals surface area contributed by atoms with Gasteiger partial charge in [0.2, 0.25) is 0 Å². The van der Waals surface area contributed by atoms with Crippen LogP contribution >= 0.6 is 34.5 Å². The Hall–Kier alpha value is -1.62. The van der Waals surface area contributed by atoms with Crippen LogP contribution in [0.15, 0.2) is 41.9 Å². The molecule has 3 aromatic rings. The van der Waals surface area contributed by atoms with Crippen molar-refractivity contribution in [2.24, 2.45) is 0 Å². The average molecular weight is 323 g/mol. The second-order valence-electron chi connectivity index (χ2n) is 4.09. The van der Waals surface area contributed by atoms with Crippen LogP contribution in [0.2, 0.25) is 9.36 Å². The quantitative estimate of drug-likeness (QED) is 0.654. The van der Waals surface area contributed by atoms with E-state index in [0.717, 1.165) is 17.5 Å². The summed E-state index contributed by atoms with van der Waals surface area (Å²) >= 11 is 13.5. The van der Waals surface area contributed by atoms with Crippen LogP contribution in [-0.2, 0) is 0 Å². The second kappa shape index (κ2) is 5.40. The molecule has 2 aromatic heterocycles. The molecule has 0 fully saturated rings. The number of hydrogen-bond acceptors (Lipinski definition) is 3. The number of carbonyl (C=O) groups is 1. The van der Waals surface area contributed by atoms with E-state index in [4.69, 9.17) is 23.2 Å². The van der Waals surface area contributed by atoms with Gasteiger partial charge in [0.05, 0.1) is 20.6 Å². The normalized spacial score (nSPS) is 10.7. The minimum atomic E-state index is 0.499. The largest absolute Gasteiger partial charge is 0.298 e. The Bertz CT molecular complexity index is 779. The molecule has 100 valence electrons. The van der Waals surface area contributed by atoms with Crippen LogP contribution in [0.5, 0.6) is 0 Å². The molecule has 0 bridgehead atoms. The highest BCUT2D eigenvalue weighted by molar-refractivity contribution is 7.14. The lowest BCUT2D eigenvalue weighted by Crippen LogP contribution is -1.95. The van der Waals surface area contributed by atoms with Crippen molar-refractivity contribution in [1.82, 2.24) is 9.78 Å². The summed E-state index contributed by atoms with van der Waals surface area (Å²) in [6.45, 7) is 0. The van der Waals surface area contributed by atoms with Crippen molar-refractivity contribution in [1.29, 1.82) is 0 Å². The fraction of sp³-hybridized carbons (Fsp3) is 0. The SMILES string of the molecule is O=Cc1cn(-c2ccccc2Cl)nc1-c1csc(Cl)c1. The molecule has 0 atom stereocenters. The van der Waals surface area contributed by atoms with E-state index in [-0.39, 0.29) is 0 Å². The van der Waals surface area contributed by atoms with Crippen molar-refractivity contribution in [3.05, 3.63) is 56.8 Å². The fourth-order valence-corrected chi connectivity index (χ4v) is 2.98. The van der Waals surface area contributed by atoms with Crippen molar-refractivity contribution < 1.29 is 4.79 Å². The number of aldehydes is 1. The smallest absolute Gasteiger partial charge is 0.153 e. The van der Waals surface area contributed by atoms with Gasteiger partial charge in [0.15, 0.2) is 6.29 Å². The zero-order chi connectivity index (χ0) is 14.1. The van der Waals surface area contributed by atoms with Crippen LogP contribution in [0, 0.1) is 0 Å². The third kappa shape index (κ3) is 2.38. The predicted molar refractivity (Wildman–Crippen MR) is 82.3 cm³/mol. The first-order valence-corrected chi connectivity index (χ1v) is 7.37. The van der Waals surface area contributed by atoms with Gasteiger partial charge in [-0.3, -0.25) is 4.79 Å². The summed E-state index contributed by atoms with van der Waals surface area (Å²) in [5, 5.41) is 6.89. The Kier molecular flexibility index (Phi) is 3.61. The summed E-state index contributed by atoms with van der Waals surface area (Å²) in [7, 11) is 0. The molecule has 0 aliphatic rings. The summed E-state index contributed by atoms with van der Waals surface area (Å²) < 4.78 is 2.26. The molecule has 2 heterocycles. The number of hydrogen-bond donors (Lipinski definition) is 0. The molecule has 3 rings (SSSR count). The third-order valence-corrected chi connectivity index (χ3v) is 4.22. The molecule has 20 heavy (non-hydrogen) atoms. The zero-order valence-corrected chi connectivity index (χ0v) is 12.4. The van der Waals surface area contributed by atoms with Crippen molar-refractivity contribution in [3.8, 4) is 16.9 Å². The van der Waals surface area contributed by atoms with E-state index in [2.05, 4.69) is 5.10 Å². The lowest BCUT2D eigenvalue weighted by Gasteiger charge is -2.02. The molecule has 1 aromatic carbocycles. The van der Waals surface area contributed by atoms with Crippen LogP contribution in [0.25, 0.3) is 16.9 Å². The topological polar surface area (TPSA) is 34.9 Å². The highest BCUT2D eigenvalue weighted by Crippen LogP contribution is 2.30. The van der Waals surface area contributed by atoms with Gasteiger partial charge in [-0.05, 0) is 18.2 Å². The van der Waals surface area contributed by atoms with Crippen LogP contribution < -0.4 is 0 Å². The Labute approximate surface area is 129 Å². The number of nitrogens with zero attached hydrogens (tertiary/aromatic N) is 2. The molecule has 0 amide bonds. The molecular weight excluding hydrogens is 315 g/mol. The van der Waals surface area contributed by atoms with Crippen LogP contribution in [0.1, 0.15) is 10.4 Å². The minimum absolute atomic E-state index is 0.499. The van der Waals surface area contributed by atoms with Crippen molar-refractivity contribution in [2.75, 3.05) is 0 Å². The van der Waals surface area contributed by atoms with Crippen molar-refractivity contribution >= 4 is 40.8 Å². The Morgan fingerprint density at radius 2 is 2.05 bits per heavy atom. The molecule has 3 nitrogen and oxygen atoms in total. The Morgan fingerprint density at radius 3 is 2.70 bits per heavy atom. The van der Waals surface area contributed by atoms with E-state index in [1.54, 1.807) is 23.0 Å². The van der Waals surface area contributed by atoms with Gasteiger partial charge >= 0.3 is 0 Å². The first kappa shape index (κ1) is 13.4. The van der Waals surface area contributed by atoms with Crippen molar-refractivity contribution in [3.63, 3.8) is 0 Å². The third-order valence-electron chi connectivity index (χ3n) is 2.81. The highest BCUT2D eigenvalue weighted by Gasteiger charge is 2.14. The molecule has 0 spiro atoms. The van der Waals surface area contributed by atoms with E-state index in [9.17, 15) is 4.79 Å². The number of benzene rings is 1. The number of aromatic nitrogens is 2. The maximum Gasteiger partial charge on any atom is 0.153 e. The summed E-state index contributed by atoms with van der Waals surface area (Å²) in [5.41, 5.74) is 2.65. The van der Waals surface area contributed by atoms with Gasteiger partial charge in [0.25, 0.3) is 0 Å². The minimum Gasteiger partial charge on any atom is -0.298 e. The maximum atomic E-state index is 11.2. The summed E-state index contributed by atoms with van der Waals surface area (Å²) in [5.74, 6) is 0. The van der Waals surface area contributed by atoms with Gasteiger partial charge < -0.3 is 0 Å². The van der Waals surface area contributed by atoms with E-state index in [1.807, 2.05) is 23.6 Å². The van der Waals surface area contributed by atoms with Gasteiger partial charge in [-0.2, -0.15) is 5.10 Å². The van der Waals surface area contributed by atoms with E-state index in [0.29, 0.717) is 20.6 Å². The average Bonchev–Trinajstić information content (AvgIpc) is 3.05. The standard InChI is InChI=1S/C14H8Cl2N2OS/c15-11-3-1-2-4-12(11)18-6-10(7-19)14(17-18)9-5-13(16)20-8-9/h1-8H. The number of thiophene rings is 1. The predicted octanol–water partition coefficient (Wildman–Crippen LogP) is 4.72. The monoisotopic (exact) mass is 322 g/mol. The first-order valence-electron chi connectivity index (χ1n) is 5.73. The van der Waals surface area contributed by atoms with E-state index >= 15 is 0 Å². The highest BCUT2D eigenvalue weighted by atomic mass is 35.5. The summed E-state index contributed by atoms with van der Waals surface area (Å²) in [6, 6.07) is 9.12. The van der Waals surface area contributed by atoms with Crippen LogP contribution in [-0.4, -0.2) is 16.1 Å². The fourth-order valence-electron chi connectivity index (χ4n) is 1.89. The van der Waals surface area contributed by atoms with Gasteiger partial charge in [-0.15, -0.1) is 11.3 Å². The molecule has 0 aliphatic carbocycles. The number of para-hydroxylation sites is 1. The van der Waals surface area contributed by atoms with Crippen LogP contribution in [0.3, 0.4) is 0 Å².